The first kappa shape index (κ1) is 19.1. The highest BCUT2D eigenvalue weighted by atomic mass is 79.9. The van der Waals surface area contributed by atoms with Crippen LogP contribution in [0.15, 0.2) is 50.5 Å². The third kappa shape index (κ3) is 4.25. The molecule has 1 aliphatic heterocycles. The largest absolute Gasteiger partial charge is 0.298 e. The van der Waals surface area contributed by atoms with E-state index in [-0.39, 0.29) is 11.1 Å². The van der Waals surface area contributed by atoms with E-state index >= 15 is 0 Å². The van der Waals surface area contributed by atoms with Crippen LogP contribution in [-0.2, 0) is 4.79 Å². The molecule has 2 N–H and O–H groups in total. The zero-order chi connectivity index (χ0) is 19.7. The van der Waals surface area contributed by atoms with E-state index in [0.717, 1.165) is 31.7 Å². The third-order valence-electron chi connectivity index (χ3n) is 3.66. The first-order chi connectivity index (χ1) is 13.5. The zero-order valence-corrected chi connectivity index (χ0v) is 17.9. The fourth-order valence-corrected chi connectivity index (χ4v) is 5.18. The summed E-state index contributed by atoms with van der Waals surface area (Å²) in [5.41, 5.74) is 2.01. The number of carbonyl (C=O) groups excluding carboxylic acids is 3. The topological polar surface area (TPSA) is 88.2 Å². The van der Waals surface area contributed by atoms with Crippen molar-refractivity contribution in [3.8, 4) is 10.6 Å². The number of nitrogens with one attached hydrogen (secondary N) is 2. The maximum Gasteiger partial charge on any atom is 0.290 e. The van der Waals surface area contributed by atoms with Crippen LogP contribution in [0, 0.1) is 0 Å². The van der Waals surface area contributed by atoms with Gasteiger partial charge in [-0.3, -0.25) is 25.0 Å². The second-order valence-electron chi connectivity index (χ2n) is 5.57. The molecule has 28 heavy (non-hydrogen) atoms. The monoisotopic (exact) mass is 491 g/mol. The second kappa shape index (κ2) is 8.00. The Kier molecular flexibility index (Phi) is 5.44. The lowest BCUT2D eigenvalue weighted by Crippen LogP contribution is -2.17. The standard InChI is InChI=1S/C18H10BrN3O3S3/c19-14-6-5-12(27-14)11-8-26-17(20-11)21-15(23)10-3-1-9(2-4-10)7-13-16(24)22-18(25)28-13/h1-8H,(H,20,21,23)(H,22,24,25). The quantitative estimate of drug-likeness (QED) is 0.489. The van der Waals surface area contributed by atoms with Gasteiger partial charge in [0.15, 0.2) is 5.13 Å². The van der Waals surface area contributed by atoms with Crippen LogP contribution in [0.4, 0.5) is 9.93 Å². The number of nitrogens with zero attached hydrogens (tertiary/aromatic N) is 1. The summed E-state index contributed by atoms with van der Waals surface area (Å²) in [6, 6.07) is 10.7. The number of thiophene rings is 1. The lowest BCUT2D eigenvalue weighted by atomic mass is 10.1. The molecular formula is C18H10BrN3O3S3. The number of halogens is 1. The van der Waals surface area contributed by atoms with Gasteiger partial charge in [0.05, 0.1) is 19.3 Å². The van der Waals surface area contributed by atoms with Crippen LogP contribution in [0.25, 0.3) is 16.6 Å². The molecule has 2 aromatic heterocycles. The molecule has 0 spiro atoms. The molecular weight excluding hydrogens is 482 g/mol. The van der Waals surface area contributed by atoms with Gasteiger partial charge in [-0.1, -0.05) is 12.1 Å². The van der Waals surface area contributed by atoms with Gasteiger partial charge in [-0.2, -0.15) is 0 Å². The molecule has 3 amide bonds. The van der Waals surface area contributed by atoms with E-state index in [1.54, 1.807) is 41.7 Å². The van der Waals surface area contributed by atoms with Gasteiger partial charge in [0.1, 0.15) is 0 Å². The minimum Gasteiger partial charge on any atom is -0.298 e. The van der Waals surface area contributed by atoms with Gasteiger partial charge in [0.2, 0.25) is 0 Å². The molecule has 1 aliphatic rings. The molecule has 1 fully saturated rings. The van der Waals surface area contributed by atoms with Crippen molar-refractivity contribution >= 4 is 78.6 Å². The number of aromatic nitrogens is 1. The van der Waals surface area contributed by atoms with Crippen LogP contribution in [-0.4, -0.2) is 22.0 Å². The Morgan fingerprint density at radius 3 is 2.57 bits per heavy atom. The van der Waals surface area contributed by atoms with Crippen LogP contribution in [0.2, 0.25) is 0 Å². The Morgan fingerprint density at radius 1 is 1.14 bits per heavy atom. The van der Waals surface area contributed by atoms with E-state index in [9.17, 15) is 14.4 Å². The molecule has 1 aromatic carbocycles. The van der Waals surface area contributed by atoms with Gasteiger partial charge >= 0.3 is 0 Å². The van der Waals surface area contributed by atoms with Gasteiger partial charge in [-0.05, 0) is 63.6 Å². The van der Waals surface area contributed by atoms with Crippen molar-refractivity contribution in [1.82, 2.24) is 10.3 Å². The molecule has 3 aromatic rings. The fourth-order valence-electron chi connectivity index (χ4n) is 2.37. The van der Waals surface area contributed by atoms with Crippen molar-refractivity contribution in [2.45, 2.75) is 0 Å². The van der Waals surface area contributed by atoms with E-state index in [1.165, 1.54) is 11.3 Å². The van der Waals surface area contributed by atoms with Gasteiger partial charge < -0.3 is 0 Å². The van der Waals surface area contributed by atoms with Gasteiger partial charge in [-0.15, -0.1) is 22.7 Å². The zero-order valence-electron chi connectivity index (χ0n) is 13.9. The van der Waals surface area contributed by atoms with Crippen molar-refractivity contribution in [2.75, 3.05) is 5.32 Å². The Morgan fingerprint density at radius 2 is 1.93 bits per heavy atom. The number of rotatable bonds is 4. The van der Waals surface area contributed by atoms with Gasteiger partial charge in [0, 0.05) is 10.9 Å². The first-order valence-electron chi connectivity index (χ1n) is 7.85. The molecule has 0 aliphatic carbocycles. The van der Waals surface area contributed by atoms with Gasteiger partial charge in [0.25, 0.3) is 17.1 Å². The summed E-state index contributed by atoms with van der Waals surface area (Å²) in [5.74, 6) is -0.676. The van der Waals surface area contributed by atoms with Crippen molar-refractivity contribution < 1.29 is 14.4 Å². The lowest BCUT2D eigenvalue weighted by molar-refractivity contribution is -0.115. The average molecular weight is 492 g/mol. The maximum absolute atomic E-state index is 12.4. The summed E-state index contributed by atoms with van der Waals surface area (Å²) in [6.45, 7) is 0. The van der Waals surface area contributed by atoms with Crippen LogP contribution in [0.1, 0.15) is 15.9 Å². The molecule has 3 heterocycles. The molecule has 0 atom stereocenters. The normalized spacial score (nSPS) is 15.1. The van der Waals surface area contributed by atoms with Crippen molar-refractivity contribution in [2.24, 2.45) is 0 Å². The molecule has 0 saturated carbocycles. The fraction of sp³-hybridized carbons (Fsp3) is 0. The molecule has 6 nitrogen and oxygen atoms in total. The number of carbonyl (C=O) groups is 3. The number of thiazole rings is 1. The summed E-state index contributed by atoms with van der Waals surface area (Å²) in [5, 5.41) is 7.03. The number of hydrogen-bond donors (Lipinski definition) is 2. The van der Waals surface area contributed by atoms with Crippen LogP contribution in [0.5, 0.6) is 0 Å². The highest BCUT2D eigenvalue weighted by molar-refractivity contribution is 9.11. The summed E-state index contributed by atoms with van der Waals surface area (Å²) < 4.78 is 1.02. The summed E-state index contributed by atoms with van der Waals surface area (Å²) >= 11 is 7.22. The van der Waals surface area contributed by atoms with E-state index in [2.05, 4.69) is 31.5 Å². The van der Waals surface area contributed by atoms with Crippen molar-refractivity contribution in [3.63, 3.8) is 0 Å². The number of hydrogen-bond acceptors (Lipinski definition) is 7. The number of amides is 3. The van der Waals surface area contributed by atoms with E-state index in [4.69, 9.17) is 0 Å². The average Bonchev–Trinajstić information content (AvgIpc) is 3.37. The Hall–Kier alpha value is -2.27. The minimum atomic E-state index is -0.408. The Labute approximate surface area is 180 Å². The van der Waals surface area contributed by atoms with Gasteiger partial charge in [-0.25, -0.2) is 4.98 Å². The van der Waals surface area contributed by atoms with Crippen LogP contribution >= 0.6 is 50.4 Å². The van der Waals surface area contributed by atoms with Crippen molar-refractivity contribution in [3.05, 3.63) is 61.6 Å². The predicted octanol–water partition coefficient (Wildman–Crippen LogP) is 5.21. The van der Waals surface area contributed by atoms with Crippen LogP contribution in [0.3, 0.4) is 0 Å². The molecule has 140 valence electrons. The number of anilines is 1. The number of thioether (sulfide) groups is 1. The smallest absolute Gasteiger partial charge is 0.290 e. The molecule has 0 unspecified atom stereocenters. The molecule has 0 bridgehead atoms. The van der Waals surface area contributed by atoms with Crippen molar-refractivity contribution in [1.29, 1.82) is 0 Å². The summed E-state index contributed by atoms with van der Waals surface area (Å²) in [6.07, 6.45) is 1.61. The lowest BCUT2D eigenvalue weighted by Gasteiger charge is -2.02. The predicted molar refractivity (Wildman–Crippen MR) is 117 cm³/mol. The number of benzene rings is 1. The molecule has 10 heteroatoms. The SMILES string of the molecule is O=C1NC(=O)C(=Cc2ccc(C(=O)Nc3nc(-c4ccc(Br)s4)cs3)cc2)S1. The third-order valence-corrected chi connectivity index (χ3v) is 6.88. The highest BCUT2D eigenvalue weighted by Gasteiger charge is 2.24. The maximum atomic E-state index is 12.4. The molecule has 0 radical (unpaired) electrons. The minimum absolute atomic E-state index is 0.268. The molecule has 4 rings (SSSR count). The highest BCUT2D eigenvalue weighted by Crippen LogP contribution is 2.33. The van der Waals surface area contributed by atoms with E-state index in [0.29, 0.717) is 15.6 Å². The number of imide groups is 1. The Bertz CT molecular complexity index is 1120. The van der Waals surface area contributed by atoms with E-state index in [1.807, 2.05) is 17.5 Å². The Balaban J connectivity index is 1.44. The summed E-state index contributed by atoms with van der Waals surface area (Å²) in [7, 11) is 0. The van der Waals surface area contributed by atoms with Crippen LogP contribution < -0.4 is 10.6 Å². The van der Waals surface area contributed by atoms with E-state index < -0.39 is 5.91 Å². The second-order valence-corrected chi connectivity index (χ2v) is 9.91. The summed E-state index contributed by atoms with van der Waals surface area (Å²) in [4.78, 5) is 41.0. The molecule has 1 saturated heterocycles. The first-order valence-corrected chi connectivity index (χ1v) is 11.2.